The van der Waals surface area contributed by atoms with Gasteiger partial charge in [-0.25, -0.2) is 9.59 Å². The minimum absolute atomic E-state index is 0.163. The Hall–Kier alpha value is -5.12. The minimum atomic E-state index is -0.657. The van der Waals surface area contributed by atoms with Crippen molar-refractivity contribution in [3.05, 3.63) is 129 Å². The van der Waals surface area contributed by atoms with Gasteiger partial charge in [0.05, 0.1) is 0 Å². The van der Waals surface area contributed by atoms with Gasteiger partial charge in [-0.3, -0.25) is 20.2 Å². The third-order valence-electron chi connectivity index (χ3n) is 5.63. The summed E-state index contributed by atoms with van der Waals surface area (Å²) >= 11 is 0. The van der Waals surface area contributed by atoms with E-state index in [1.165, 1.54) is 12.3 Å². The van der Waals surface area contributed by atoms with Gasteiger partial charge in [0.25, 0.3) is 11.1 Å². The van der Waals surface area contributed by atoms with E-state index in [0.717, 1.165) is 24.0 Å². The van der Waals surface area contributed by atoms with Crippen molar-refractivity contribution in [1.82, 2.24) is 9.55 Å². The molecule has 2 aromatic heterocycles. The Bertz CT molecular complexity index is 1500. The average Bonchev–Trinajstić information content (AvgIpc) is 3.80. The predicted octanol–water partition coefficient (Wildman–Crippen LogP) is 5.06. The van der Waals surface area contributed by atoms with Crippen LogP contribution in [0.15, 0.2) is 107 Å². The number of hydrogen-bond acceptors (Lipinski definition) is 6. The summed E-state index contributed by atoms with van der Waals surface area (Å²) in [6.45, 7) is 0.341. The molecule has 1 aliphatic rings. The van der Waals surface area contributed by atoms with Gasteiger partial charge in [0.2, 0.25) is 0 Å². The van der Waals surface area contributed by atoms with Crippen LogP contribution in [0.1, 0.15) is 30.0 Å². The predicted molar refractivity (Wildman–Crippen MR) is 147 cm³/mol. The first-order valence-electron chi connectivity index (χ1n) is 12.3. The van der Waals surface area contributed by atoms with E-state index in [1.807, 2.05) is 60.7 Å². The smallest absolute Gasteiger partial charge is 0.412 e. The summed E-state index contributed by atoms with van der Waals surface area (Å²) in [6.07, 6.45) is 3.99. The number of anilines is 2. The monoisotopic (exact) mass is 528 g/mol. The molecule has 0 bridgehead atoms. The maximum atomic E-state index is 12.2. The fraction of sp³-hybridized carbons (Fsp3) is 0.172. The van der Waals surface area contributed by atoms with Crippen LogP contribution < -0.4 is 21.8 Å². The molecule has 0 radical (unpaired) electrons. The number of rotatable bonds is 7. The van der Waals surface area contributed by atoms with Gasteiger partial charge in [-0.15, -0.1) is 0 Å². The number of ether oxygens (including phenoxy) is 2. The first-order chi connectivity index (χ1) is 19.0. The van der Waals surface area contributed by atoms with E-state index >= 15 is 0 Å². The molecule has 2 amide bonds. The summed E-state index contributed by atoms with van der Waals surface area (Å²) in [6, 6.07) is 25.4. The molecular formula is C29H28N4O6. The second-order valence-electron chi connectivity index (χ2n) is 8.65. The number of H-pyrrole nitrogens is 1. The highest BCUT2D eigenvalue weighted by Gasteiger charge is 2.25. The maximum absolute atomic E-state index is 12.2. The minimum Gasteiger partial charge on any atom is -0.444 e. The molecule has 4 aromatic rings. The molecular weight excluding hydrogens is 500 g/mol. The fourth-order valence-corrected chi connectivity index (χ4v) is 3.50. The van der Waals surface area contributed by atoms with Gasteiger partial charge < -0.3 is 19.0 Å². The zero-order valence-electron chi connectivity index (χ0n) is 21.0. The molecule has 1 aliphatic carbocycles. The van der Waals surface area contributed by atoms with Crippen LogP contribution in [-0.4, -0.2) is 21.7 Å². The lowest BCUT2D eigenvalue weighted by Gasteiger charge is -2.09. The molecule has 0 aliphatic heterocycles. The summed E-state index contributed by atoms with van der Waals surface area (Å²) in [4.78, 5) is 49.1. The van der Waals surface area contributed by atoms with Gasteiger partial charge in [-0.2, -0.15) is 0 Å². The van der Waals surface area contributed by atoms with Crippen molar-refractivity contribution in [3.63, 3.8) is 0 Å². The number of pyridine rings is 2. The largest absolute Gasteiger partial charge is 0.444 e. The summed E-state index contributed by atoms with van der Waals surface area (Å²) in [5.74, 6) is 0. The van der Waals surface area contributed by atoms with E-state index in [-0.39, 0.29) is 41.7 Å². The van der Waals surface area contributed by atoms with Crippen LogP contribution in [0.3, 0.4) is 0 Å². The molecule has 10 nitrogen and oxygen atoms in total. The van der Waals surface area contributed by atoms with Crippen molar-refractivity contribution in [2.24, 2.45) is 0 Å². The topological polar surface area (TPSA) is 132 Å². The number of aromatic amines is 1. The van der Waals surface area contributed by atoms with E-state index in [4.69, 9.17) is 9.47 Å². The van der Waals surface area contributed by atoms with Crippen molar-refractivity contribution in [2.45, 2.75) is 32.1 Å². The van der Waals surface area contributed by atoms with Crippen LogP contribution >= 0.6 is 0 Å². The summed E-state index contributed by atoms with van der Waals surface area (Å²) < 4.78 is 11.7. The molecule has 3 N–H and O–H groups in total. The van der Waals surface area contributed by atoms with Crippen molar-refractivity contribution >= 4 is 23.6 Å². The number of nitrogens with one attached hydrogen (secondary N) is 3. The molecule has 5 rings (SSSR count). The molecule has 0 atom stereocenters. The van der Waals surface area contributed by atoms with Crippen molar-refractivity contribution in [1.29, 1.82) is 0 Å². The molecule has 0 spiro atoms. The van der Waals surface area contributed by atoms with Crippen LogP contribution in [0, 0.1) is 0 Å². The molecule has 0 unspecified atom stereocenters. The van der Waals surface area contributed by atoms with Crippen molar-refractivity contribution < 1.29 is 19.1 Å². The highest BCUT2D eigenvalue weighted by Crippen LogP contribution is 2.33. The lowest BCUT2D eigenvalue weighted by atomic mass is 10.2. The van der Waals surface area contributed by atoms with Crippen molar-refractivity contribution in [3.8, 4) is 0 Å². The van der Waals surface area contributed by atoms with E-state index in [9.17, 15) is 19.2 Å². The van der Waals surface area contributed by atoms with Crippen LogP contribution in [0.25, 0.3) is 0 Å². The van der Waals surface area contributed by atoms with Crippen LogP contribution in [0.2, 0.25) is 0 Å². The van der Waals surface area contributed by atoms with Crippen LogP contribution in [0.4, 0.5) is 21.0 Å². The third kappa shape index (κ3) is 8.46. The Balaban J connectivity index is 0.000000183. The average molecular weight is 529 g/mol. The van der Waals surface area contributed by atoms with Crippen LogP contribution in [0.5, 0.6) is 0 Å². The maximum Gasteiger partial charge on any atom is 0.412 e. The van der Waals surface area contributed by atoms with Crippen molar-refractivity contribution in [2.75, 3.05) is 10.6 Å². The van der Waals surface area contributed by atoms with Gasteiger partial charge in [-0.05, 0) is 48.2 Å². The Kier molecular flexibility index (Phi) is 9.27. The Morgan fingerprint density at radius 3 is 1.82 bits per heavy atom. The lowest BCUT2D eigenvalue weighted by molar-refractivity contribution is 0.154. The molecule has 2 heterocycles. The Morgan fingerprint density at radius 1 is 0.744 bits per heavy atom. The molecule has 1 fully saturated rings. The normalized spacial score (nSPS) is 11.9. The standard InChI is InChI=1S/C16H16N2O3.C13H12N2O3/c19-15-14(7-4-10-18(15)13-8-9-13)17-16(20)21-11-12-5-2-1-3-6-12;16-12-11(7-4-8-14-12)15-13(17)18-9-10-5-2-1-3-6-10/h1-7,10,13H,8-9,11H2,(H,17,20);1-8H,9H2,(H,14,16)(H,15,17). The number of amides is 2. The molecule has 10 heteroatoms. The summed E-state index contributed by atoms with van der Waals surface area (Å²) in [5, 5.41) is 4.88. The first-order valence-corrected chi connectivity index (χ1v) is 12.3. The number of aromatic nitrogens is 2. The fourth-order valence-electron chi connectivity index (χ4n) is 3.50. The zero-order valence-corrected chi connectivity index (χ0v) is 21.0. The number of benzene rings is 2. The van der Waals surface area contributed by atoms with Gasteiger partial charge in [0, 0.05) is 18.4 Å². The van der Waals surface area contributed by atoms with E-state index in [2.05, 4.69) is 15.6 Å². The number of carbonyl (C=O) groups is 2. The Labute approximate surface area is 224 Å². The molecule has 2 aromatic carbocycles. The van der Waals surface area contributed by atoms with Gasteiger partial charge in [0.15, 0.2) is 0 Å². The second-order valence-corrected chi connectivity index (χ2v) is 8.65. The molecule has 200 valence electrons. The van der Waals surface area contributed by atoms with Gasteiger partial charge in [0.1, 0.15) is 24.6 Å². The van der Waals surface area contributed by atoms with E-state index < -0.39 is 12.2 Å². The Morgan fingerprint density at radius 2 is 1.28 bits per heavy atom. The quantitative estimate of drug-likeness (QED) is 0.307. The van der Waals surface area contributed by atoms with Crippen LogP contribution in [-0.2, 0) is 22.7 Å². The second kappa shape index (κ2) is 13.4. The SMILES string of the molecule is O=C(Nc1ccc[nH]c1=O)OCc1ccccc1.O=C(Nc1cccn(C2CC2)c1=O)OCc1ccccc1. The molecule has 0 saturated heterocycles. The highest BCUT2D eigenvalue weighted by atomic mass is 16.6. The third-order valence-corrected chi connectivity index (χ3v) is 5.63. The van der Waals surface area contributed by atoms with E-state index in [0.29, 0.717) is 0 Å². The molecule has 1 saturated carbocycles. The lowest BCUT2D eigenvalue weighted by Crippen LogP contribution is -2.25. The number of carbonyl (C=O) groups excluding carboxylic acids is 2. The number of nitrogens with zero attached hydrogens (tertiary/aromatic N) is 1. The van der Waals surface area contributed by atoms with E-state index in [1.54, 1.807) is 29.0 Å². The van der Waals surface area contributed by atoms with Gasteiger partial charge >= 0.3 is 12.2 Å². The zero-order chi connectivity index (χ0) is 27.5. The highest BCUT2D eigenvalue weighted by molar-refractivity contribution is 5.84. The first kappa shape index (κ1) is 26.9. The molecule has 39 heavy (non-hydrogen) atoms. The van der Waals surface area contributed by atoms with Gasteiger partial charge in [-0.1, -0.05) is 60.7 Å². The summed E-state index contributed by atoms with van der Waals surface area (Å²) in [7, 11) is 0. The summed E-state index contributed by atoms with van der Waals surface area (Å²) in [5.41, 5.74) is 1.65. The number of hydrogen-bond donors (Lipinski definition) is 3.